The molecule has 0 fully saturated rings. The van der Waals surface area contributed by atoms with E-state index >= 15 is 0 Å². The van der Waals surface area contributed by atoms with E-state index in [2.05, 4.69) is 113 Å². The van der Waals surface area contributed by atoms with Crippen LogP contribution in [0.1, 0.15) is 61.1 Å². The van der Waals surface area contributed by atoms with Gasteiger partial charge in [-0.15, -0.1) is 0 Å². The Morgan fingerprint density at radius 2 is 0.735 bits per heavy atom. The molecule has 5 aliphatic heterocycles. The molecule has 0 N–H and O–H groups in total. The average molecular weight is 449 g/mol. The third-order valence-corrected chi connectivity index (χ3v) is 7.39. The van der Waals surface area contributed by atoms with Gasteiger partial charge in [-0.1, -0.05) is 100 Å². The smallest absolute Gasteiger partial charge is 0.119 e. The highest BCUT2D eigenvalue weighted by molar-refractivity contribution is 5.45. The minimum Gasteiger partial charge on any atom is -0.489 e. The highest BCUT2D eigenvalue weighted by atomic mass is 16.5. The normalized spacial score (nSPS) is 16.4. The van der Waals surface area contributed by atoms with Gasteiger partial charge in [0.1, 0.15) is 24.7 Å². The lowest BCUT2D eigenvalue weighted by Gasteiger charge is -2.30. The molecular formula is C32H32O2. The highest BCUT2D eigenvalue weighted by Crippen LogP contribution is 2.36. The summed E-state index contributed by atoms with van der Waals surface area (Å²) in [5, 5.41) is 0. The number of hydrogen-bond donors (Lipinski definition) is 0. The van der Waals surface area contributed by atoms with Crippen molar-refractivity contribution < 1.29 is 9.47 Å². The lowest BCUT2D eigenvalue weighted by Crippen LogP contribution is -2.21. The van der Waals surface area contributed by atoms with E-state index in [1.54, 1.807) is 0 Å². The number of ether oxygens (including phenoxy) is 2. The molecule has 0 atom stereocenters. The topological polar surface area (TPSA) is 18.5 Å². The van der Waals surface area contributed by atoms with Crippen LogP contribution in [0.25, 0.3) is 0 Å². The predicted octanol–water partition coefficient (Wildman–Crippen LogP) is 7.81. The van der Waals surface area contributed by atoms with Crippen molar-refractivity contribution in [2.45, 2.75) is 51.7 Å². The van der Waals surface area contributed by atoms with Gasteiger partial charge in [0.05, 0.1) is 0 Å². The van der Waals surface area contributed by atoms with Crippen LogP contribution in [-0.2, 0) is 24.0 Å². The van der Waals surface area contributed by atoms with Crippen LogP contribution < -0.4 is 9.47 Å². The van der Waals surface area contributed by atoms with Gasteiger partial charge in [0.15, 0.2) is 0 Å². The van der Waals surface area contributed by atoms with Gasteiger partial charge in [-0.3, -0.25) is 0 Å². The highest BCUT2D eigenvalue weighted by Gasteiger charge is 2.26. The van der Waals surface area contributed by atoms with Gasteiger partial charge in [0.2, 0.25) is 0 Å². The Hall–Kier alpha value is -3.52. The Labute approximate surface area is 203 Å². The van der Waals surface area contributed by atoms with Crippen LogP contribution in [0.5, 0.6) is 11.5 Å². The maximum Gasteiger partial charge on any atom is 0.119 e. The van der Waals surface area contributed by atoms with Gasteiger partial charge in [-0.2, -0.15) is 0 Å². The lowest BCUT2D eigenvalue weighted by atomic mass is 9.74. The molecule has 0 amide bonds. The summed E-state index contributed by atoms with van der Waals surface area (Å²) in [6, 6.07) is 34.4. The maximum atomic E-state index is 6.15. The van der Waals surface area contributed by atoms with Crippen molar-refractivity contribution in [1.82, 2.24) is 0 Å². The largest absolute Gasteiger partial charge is 0.489 e. The number of rotatable bonds is 0. The maximum absolute atomic E-state index is 6.15. The number of fused-ring (bicyclic) bond motifs is 1. The molecule has 2 nitrogen and oxygen atoms in total. The number of benzene rings is 4. The van der Waals surface area contributed by atoms with Crippen LogP contribution >= 0.6 is 0 Å². The standard InChI is InChI=1S/C32H32O2/c1-31(2)25-9-11-26(12-10-25)32(3,4)28-15-19-30(20-16-28)34-22-24-8-6-5-7-23(24)21-33-29-17-13-27(31)14-18-29/h5-20H,21-22H2,1-4H3. The molecule has 6 bridgehead atoms. The van der Waals surface area contributed by atoms with Crippen molar-refractivity contribution in [3.63, 3.8) is 0 Å². The van der Waals surface area contributed by atoms with E-state index in [4.69, 9.17) is 9.47 Å². The first-order valence-corrected chi connectivity index (χ1v) is 12.0. The average Bonchev–Trinajstić information content (AvgIpc) is 2.87. The van der Waals surface area contributed by atoms with Crippen LogP contribution in [0.4, 0.5) is 0 Å². The van der Waals surface area contributed by atoms with Gasteiger partial charge in [-0.05, 0) is 57.6 Å². The fourth-order valence-electron chi connectivity index (χ4n) is 4.73. The Morgan fingerprint density at radius 1 is 0.441 bits per heavy atom. The van der Waals surface area contributed by atoms with Crippen LogP contribution in [0.3, 0.4) is 0 Å². The molecule has 5 aliphatic rings. The summed E-state index contributed by atoms with van der Waals surface area (Å²) in [6.45, 7) is 10.1. The summed E-state index contributed by atoms with van der Waals surface area (Å²) in [7, 11) is 0. The van der Waals surface area contributed by atoms with E-state index in [0.717, 1.165) is 22.6 Å². The van der Waals surface area contributed by atoms with Crippen molar-refractivity contribution in [1.29, 1.82) is 0 Å². The summed E-state index contributed by atoms with van der Waals surface area (Å²) in [6.07, 6.45) is 0. The van der Waals surface area contributed by atoms with Gasteiger partial charge in [-0.25, -0.2) is 0 Å². The SMILES string of the molecule is CC1(C)c2ccc(cc2)OCc2ccccc2COc2ccc(cc2)C(C)(C)c2ccc1cc2. The first-order chi connectivity index (χ1) is 16.3. The van der Waals surface area contributed by atoms with Crippen LogP contribution in [0.2, 0.25) is 0 Å². The van der Waals surface area contributed by atoms with E-state index in [0.29, 0.717) is 13.2 Å². The molecule has 0 aliphatic carbocycles. The summed E-state index contributed by atoms with van der Waals surface area (Å²) in [5.41, 5.74) is 7.20. The molecular weight excluding hydrogens is 416 g/mol. The monoisotopic (exact) mass is 448 g/mol. The summed E-state index contributed by atoms with van der Waals surface area (Å²) < 4.78 is 12.3. The zero-order chi connectivity index (χ0) is 23.8. The van der Waals surface area contributed by atoms with Crippen molar-refractivity contribution >= 4 is 0 Å². The molecule has 0 aromatic heterocycles. The molecule has 0 saturated heterocycles. The molecule has 0 saturated carbocycles. The molecule has 34 heavy (non-hydrogen) atoms. The third kappa shape index (κ3) is 4.21. The summed E-state index contributed by atoms with van der Waals surface area (Å²) >= 11 is 0. The van der Waals surface area contributed by atoms with Crippen LogP contribution in [0.15, 0.2) is 97.1 Å². The fourth-order valence-corrected chi connectivity index (χ4v) is 4.73. The molecule has 0 unspecified atom stereocenters. The fraction of sp³-hybridized carbons (Fsp3) is 0.250. The first kappa shape index (κ1) is 22.3. The van der Waals surface area contributed by atoms with Crippen LogP contribution in [0, 0.1) is 0 Å². The lowest BCUT2D eigenvalue weighted by molar-refractivity contribution is 0.285. The molecule has 5 heterocycles. The quantitative estimate of drug-likeness (QED) is 0.273. The minimum atomic E-state index is -0.104. The Kier molecular flexibility index (Phi) is 5.69. The Balaban J connectivity index is 1.57. The van der Waals surface area contributed by atoms with Gasteiger partial charge in [0.25, 0.3) is 0 Å². The minimum absolute atomic E-state index is 0.104. The Morgan fingerprint density at radius 3 is 1.06 bits per heavy atom. The molecule has 2 heteroatoms. The van der Waals surface area contributed by atoms with Gasteiger partial charge < -0.3 is 9.47 Å². The second kappa shape index (κ2) is 8.68. The first-order valence-electron chi connectivity index (χ1n) is 12.0. The van der Waals surface area contributed by atoms with Crippen LogP contribution in [-0.4, -0.2) is 0 Å². The van der Waals surface area contributed by atoms with E-state index < -0.39 is 0 Å². The molecule has 172 valence electrons. The third-order valence-electron chi connectivity index (χ3n) is 7.39. The summed E-state index contributed by atoms with van der Waals surface area (Å²) in [5.74, 6) is 1.75. The molecule has 4 aromatic carbocycles. The van der Waals surface area contributed by atoms with Gasteiger partial charge in [0, 0.05) is 10.8 Å². The summed E-state index contributed by atoms with van der Waals surface area (Å²) in [4.78, 5) is 0. The van der Waals surface area contributed by atoms with E-state index in [9.17, 15) is 0 Å². The zero-order valence-corrected chi connectivity index (χ0v) is 20.5. The molecule has 9 rings (SSSR count). The zero-order valence-electron chi connectivity index (χ0n) is 20.5. The van der Waals surface area contributed by atoms with Crippen molar-refractivity contribution in [2.24, 2.45) is 0 Å². The Bertz CT molecular complexity index is 1160. The molecule has 4 aromatic rings. The predicted molar refractivity (Wildman–Crippen MR) is 139 cm³/mol. The van der Waals surface area contributed by atoms with Crippen molar-refractivity contribution in [3.05, 3.63) is 130 Å². The van der Waals surface area contributed by atoms with E-state index in [-0.39, 0.29) is 10.8 Å². The van der Waals surface area contributed by atoms with E-state index in [1.165, 1.54) is 22.3 Å². The molecule has 0 radical (unpaired) electrons. The second-order valence-electron chi connectivity index (χ2n) is 10.2. The molecule has 0 spiro atoms. The van der Waals surface area contributed by atoms with E-state index in [1.807, 2.05) is 12.1 Å². The van der Waals surface area contributed by atoms with Crippen molar-refractivity contribution in [3.8, 4) is 11.5 Å². The number of hydrogen-bond acceptors (Lipinski definition) is 2. The van der Waals surface area contributed by atoms with Gasteiger partial charge >= 0.3 is 0 Å². The second-order valence-corrected chi connectivity index (χ2v) is 10.2. The van der Waals surface area contributed by atoms with Crippen molar-refractivity contribution in [2.75, 3.05) is 0 Å².